The molecule has 0 unspecified atom stereocenters. The summed E-state index contributed by atoms with van der Waals surface area (Å²) in [6.45, 7) is 1.99. The van der Waals surface area contributed by atoms with Gasteiger partial charge < -0.3 is 17.3 Å². The number of hydrogen-bond donors (Lipinski definition) is 0. The van der Waals surface area contributed by atoms with Crippen LogP contribution in [0.3, 0.4) is 0 Å². The first-order valence-electron chi connectivity index (χ1n) is 7.04. The van der Waals surface area contributed by atoms with E-state index in [9.17, 15) is 22.1 Å². The van der Waals surface area contributed by atoms with Gasteiger partial charge in [0.15, 0.2) is 13.4 Å². The Labute approximate surface area is 138 Å². The van der Waals surface area contributed by atoms with Crippen LogP contribution in [0.4, 0.5) is 17.3 Å². The van der Waals surface area contributed by atoms with Gasteiger partial charge >= 0.3 is 28.5 Å². The number of rotatable bonds is 4. The monoisotopic (exact) mass is 428 g/mol. The summed E-state index contributed by atoms with van der Waals surface area (Å²) in [6.07, 6.45) is 4.68. The number of halogens is 5. The van der Waals surface area contributed by atoms with Crippen molar-refractivity contribution in [3.63, 3.8) is 0 Å². The molecule has 0 atom stereocenters. The summed E-state index contributed by atoms with van der Waals surface area (Å²) in [7, 11) is -6.00. The summed E-state index contributed by atoms with van der Waals surface area (Å²) in [6, 6.07) is 10.5. The summed E-state index contributed by atoms with van der Waals surface area (Å²) < 4.78 is 42.6. The highest BCUT2D eigenvalue weighted by molar-refractivity contribution is 6.50. The Hall–Kier alpha value is -0.855. The van der Waals surface area contributed by atoms with Gasteiger partial charge in [0.25, 0.3) is 0 Å². The molecular formula is C15H18BF4IO. The smallest absolute Gasteiger partial charge is 0.418 e. The van der Waals surface area contributed by atoms with Gasteiger partial charge in [0.1, 0.15) is 0 Å². The minimum atomic E-state index is -6.00. The average Bonchev–Trinajstić information content (AvgIpc) is 2.97. The average molecular weight is 428 g/mol. The van der Waals surface area contributed by atoms with E-state index in [2.05, 4.69) is 28.3 Å². The second-order valence-corrected chi connectivity index (χ2v) is 7.53. The minimum Gasteiger partial charge on any atom is -0.418 e. The van der Waals surface area contributed by atoms with Gasteiger partial charge in [-0.1, -0.05) is 31.0 Å². The Bertz CT molecular complexity index is 490. The van der Waals surface area contributed by atoms with E-state index in [1.807, 2.05) is 13.0 Å². The fourth-order valence-corrected chi connectivity index (χ4v) is 4.16. The van der Waals surface area contributed by atoms with E-state index in [1.54, 1.807) is 0 Å². The van der Waals surface area contributed by atoms with Gasteiger partial charge in [0.05, 0.1) is 0 Å². The standard InChI is InChI=1S/C15H18IO.BF4/c1-12(15(17)13-7-5-6-8-13)11-16-14-9-3-2-4-10-14;2-1(3,4)5/h2-4,9-11,13H,5-8H2,1H3;/q+1;-1/b12-11+;. The summed E-state index contributed by atoms with van der Waals surface area (Å²) >= 11 is -0.146. The Morgan fingerprint density at radius 2 is 1.64 bits per heavy atom. The second kappa shape index (κ2) is 9.32. The first-order valence-corrected chi connectivity index (χ1v) is 9.36. The third kappa shape index (κ3) is 8.55. The van der Waals surface area contributed by atoms with Crippen LogP contribution < -0.4 is 21.2 Å². The van der Waals surface area contributed by atoms with Crippen molar-refractivity contribution < 1.29 is 43.3 Å². The predicted octanol–water partition coefficient (Wildman–Crippen LogP) is 1.91. The molecule has 7 heteroatoms. The van der Waals surface area contributed by atoms with Crippen LogP contribution in [0.15, 0.2) is 40.0 Å². The van der Waals surface area contributed by atoms with Crippen molar-refractivity contribution in [3.8, 4) is 0 Å². The molecule has 1 aromatic rings. The predicted molar refractivity (Wildman–Crippen MR) is 76.0 cm³/mol. The molecule has 0 aliphatic heterocycles. The first-order chi connectivity index (χ1) is 10.3. The summed E-state index contributed by atoms with van der Waals surface area (Å²) in [5, 5.41) is 0. The van der Waals surface area contributed by atoms with E-state index in [1.165, 1.54) is 16.4 Å². The van der Waals surface area contributed by atoms with Gasteiger partial charge in [-0.2, -0.15) is 0 Å². The van der Waals surface area contributed by atoms with Gasteiger partial charge in [-0.3, -0.25) is 4.79 Å². The topological polar surface area (TPSA) is 17.1 Å². The van der Waals surface area contributed by atoms with E-state index >= 15 is 0 Å². The zero-order valence-corrected chi connectivity index (χ0v) is 14.4. The van der Waals surface area contributed by atoms with Crippen LogP contribution in [-0.2, 0) is 4.79 Å². The zero-order valence-electron chi connectivity index (χ0n) is 12.2. The summed E-state index contributed by atoms with van der Waals surface area (Å²) in [5.41, 5.74) is 0.994. The van der Waals surface area contributed by atoms with Crippen LogP contribution in [0, 0.1) is 9.49 Å². The van der Waals surface area contributed by atoms with Crippen LogP contribution in [0.2, 0.25) is 0 Å². The lowest BCUT2D eigenvalue weighted by molar-refractivity contribution is -0.557. The molecule has 1 fully saturated rings. The molecule has 0 N–H and O–H groups in total. The molecule has 22 heavy (non-hydrogen) atoms. The van der Waals surface area contributed by atoms with Crippen molar-refractivity contribution in [2.45, 2.75) is 32.6 Å². The number of Topliss-reactive ketones (excluding diaryl/α,β-unsaturated/α-hetero) is 1. The van der Waals surface area contributed by atoms with E-state index in [0.29, 0.717) is 11.7 Å². The molecule has 0 spiro atoms. The van der Waals surface area contributed by atoms with Crippen molar-refractivity contribution in [1.29, 1.82) is 0 Å². The molecule has 0 aromatic heterocycles. The van der Waals surface area contributed by atoms with Crippen molar-refractivity contribution >= 4 is 13.0 Å². The second-order valence-electron chi connectivity index (χ2n) is 5.04. The molecule has 0 amide bonds. The highest BCUT2D eigenvalue weighted by Crippen LogP contribution is 2.27. The lowest BCUT2D eigenvalue weighted by Crippen LogP contribution is -3.59. The minimum absolute atomic E-state index is 0.146. The Morgan fingerprint density at radius 1 is 1.14 bits per heavy atom. The van der Waals surface area contributed by atoms with Crippen LogP contribution in [0.5, 0.6) is 0 Å². The lowest BCUT2D eigenvalue weighted by atomic mass is 9.98. The zero-order chi connectivity index (χ0) is 16.6. The number of hydrogen-bond acceptors (Lipinski definition) is 1. The molecule has 0 heterocycles. The van der Waals surface area contributed by atoms with Gasteiger partial charge in [-0.25, -0.2) is 0 Å². The van der Waals surface area contributed by atoms with E-state index < -0.39 is 7.25 Å². The molecule has 122 valence electrons. The molecule has 2 rings (SSSR count). The van der Waals surface area contributed by atoms with Gasteiger partial charge in [0.2, 0.25) is 0 Å². The number of ketones is 1. The number of carbonyl (C=O) groups is 1. The quantitative estimate of drug-likeness (QED) is 0.310. The Kier molecular flexibility index (Phi) is 8.13. The van der Waals surface area contributed by atoms with Gasteiger partial charge in [-0.15, -0.1) is 0 Å². The van der Waals surface area contributed by atoms with Crippen molar-refractivity contribution in [2.75, 3.05) is 0 Å². The number of benzene rings is 1. The molecule has 0 saturated heterocycles. The lowest BCUT2D eigenvalue weighted by Gasteiger charge is -2.05. The Balaban J connectivity index is 0.000000422. The maximum absolute atomic E-state index is 12.1. The van der Waals surface area contributed by atoms with Gasteiger partial charge in [0, 0.05) is 11.5 Å². The maximum Gasteiger partial charge on any atom is 0.673 e. The SMILES string of the molecule is C/C(=C\[I+]c1ccccc1)C(=O)C1CCCC1.F[B-](F)(F)F. The van der Waals surface area contributed by atoms with E-state index in [4.69, 9.17) is 0 Å². The normalized spacial score (nSPS) is 16.1. The molecule has 0 radical (unpaired) electrons. The van der Waals surface area contributed by atoms with Crippen LogP contribution in [0.1, 0.15) is 32.6 Å². The van der Waals surface area contributed by atoms with Crippen LogP contribution in [-0.4, -0.2) is 13.0 Å². The highest BCUT2D eigenvalue weighted by Gasteiger charge is 2.25. The highest BCUT2D eigenvalue weighted by atomic mass is 127. The van der Waals surface area contributed by atoms with Crippen LogP contribution in [0.25, 0.3) is 0 Å². The molecule has 1 aromatic carbocycles. The molecule has 1 aliphatic carbocycles. The van der Waals surface area contributed by atoms with E-state index in [0.717, 1.165) is 18.4 Å². The third-order valence-electron chi connectivity index (χ3n) is 3.19. The Morgan fingerprint density at radius 3 is 2.14 bits per heavy atom. The fourth-order valence-electron chi connectivity index (χ4n) is 2.20. The molecule has 1 aliphatic rings. The van der Waals surface area contributed by atoms with Crippen molar-refractivity contribution in [2.24, 2.45) is 5.92 Å². The van der Waals surface area contributed by atoms with Crippen molar-refractivity contribution in [1.82, 2.24) is 0 Å². The number of carbonyl (C=O) groups excluding carboxylic acids is 1. The molecule has 1 saturated carbocycles. The summed E-state index contributed by atoms with van der Waals surface area (Å²) in [5.74, 6) is 0.726. The molecular weight excluding hydrogens is 410 g/mol. The van der Waals surface area contributed by atoms with Gasteiger partial charge in [-0.05, 0) is 31.9 Å². The first kappa shape index (κ1) is 19.2. The van der Waals surface area contributed by atoms with Crippen molar-refractivity contribution in [3.05, 3.63) is 43.6 Å². The maximum atomic E-state index is 12.1. The summed E-state index contributed by atoms with van der Waals surface area (Å²) in [4.78, 5) is 12.1. The molecule has 0 bridgehead atoms. The largest absolute Gasteiger partial charge is 0.673 e. The fraction of sp³-hybridized carbons (Fsp3) is 0.400. The van der Waals surface area contributed by atoms with Crippen LogP contribution >= 0.6 is 0 Å². The van der Waals surface area contributed by atoms with E-state index in [-0.39, 0.29) is 21.2 Å². The third-order valence-corrected chi connectivity index (χ3v) is 5.88. The molecule has 1 nitrogen and oxygen atoms in total. The number of allylic oxidation sites excluding steroid dienone is 1.